The Labute approximate surface area is 116 Å². The molecule has 1 aromatic heterocycles. The molecule has 0 fully saturated rings. The molecule has 0 unspecified atom stereocenters. The topological polar surface area (TPSA) is 75.4 Å². The minimum Gasteiger partial charge on any atom is -0.478 e. The summed E-state index contributed by atoms with van der Waals surface area (Å²) in [4.78, 5) is 14.9. The van der Waals surface area contributed by atoms with Crippen molar-refractivity contribution in [2.24, 2.45) is 0 Å². The SMILES string of the molecule is O=C(O)c1ccc2nc(Nc3cc(F)cc(F)c3)oc2c1. The van der Waals surface area contributed by atoms with Crippen molar-refractivity contribution in [1.82, 2.24) is 4.98 Å². The first-order valence-electron chi connectivity index (χ1n) is 5.88. The molecule has 0 aliphatic heterocycles. The van der Waals surface area contributed by atoms with Crippen molar-refractivity contribution < 1.29 is 23.1 Å². The van der Waals surface area contributed by atoms with Crippen LogP contribution in [0.15, 0.2) is 40.8 Å². The minimum atomic E-state index is -1.09. The van der Waals surface area contributed by atoms with Gasteiger partial charge in [-0.1, -0.05) is 0 Å². The van der Waals surface area contributed by atoms with E-state index in [2.05, 4.69) is 10.3 Å². The Hall–Kier alpha value is -2.96. The average Bonchev–Trinajstić information content (AvgIpc) is 2.78. The number of anilines is 2. The largest absolute Gasteiger partial charge is 0.478 e. The highest BCUT2D eigenvalue weighted by atomic mass is 19.1. The van der Waals surface area contributed by atoms with Crippen molar-refractivity contribution in [3.8, 4) is 0 Å². The van der Waals surface area contributed by atoms with Gasteiger partial charge in [0, 0.05) is 11.8 Å². The highest BCUT2D eigenvalue weighted by Gasteiger charge is 2.10. The Morgan fingerprint density at radius 1 is 1.14 bits per heavy atom. The van der Waals surface area contributed by atoms with E-state index in [-0.39, 0.29) is 22.8 Å². The third kappa shape index (κ3) is 2.66. The van der Waals surface area contributed by atoms with E-state index in [9.17, 15) is 13.6 Å². The van der Waals surface area contributed by atoms with Crippen molar-refractivity contribution in [3.63, 3.8) is 0 Å². The summed E-state index contributed by atoms with van der Waals surface area (Å²) in [5.74, 6) is -2.56. The molecule has 5 nitrogen and oxygen atoms in total. The first-order chi connectivity index (χ1) is 10.0. The van der Waals surface area contributed by atoms with Gasteiger partial charge in [-0.2, -0.15) is 4.98 Å². The molecule has 0 aliphatic rings. The van der Waals surface area contributed by atoms with Gasteiger partial charge in [0.05, 0.1) is 5.56 Å². The third-order valence-corrected chi connectivity index (χ3v) is 2.75. The number of benzene rings is 2. The normalized spacial score (nSPS) is 10.8. The number of fused-ring (bicyclic) bond motifs is 1. The second-order valence-corrected chi connectivity index (χ2v) is 4.29. The number of carbonyl (C=O) groups is 1. The van der Waals surface area contributed by atoms with Gasteiger partial charge in [-0.15, -0.1) is 0 Å². The quantitative estimate of drug-likeness (QED) is 0.771. The van der Waals surface area contributed by atoms with Crippen LogP contribution >= 0.6 is 0 Å². The van der Waals surface area contributed by atoms with Gasteiger partial charge in [-0.05, 0) is 30.3 Å². The predicted octanol–water partition coefficient (Wildman–Crippen LogP) is 3.55. The third-order valence-electron chi connectivity index (χ3n) is 2.75. The van der Waals surface area contributed by atoms with Crippen LogP contribution in [0.25, 0.3) is 11.1 Å². The lowest BCUT2D eigenvalue weighted by Gasteiger charge is -2.01. The van der Waals surface area contributed by atoms with Crippen molar-refractivity contribution in [1.29, 1.82) is 0 Å². The molecule has 3 rings (SSSR count). The number of rotatable bonds is 3. The van der Waals surface area contributed by atoms with E-state index < -0.39 is 17.6 Å². The molecule has 0 aliphatic carbocycles. The average molecular weight is 290 g/mol. The molecule has 0 amide bonds. The van der Waals surface area contributed by atoms with Crippen LogP contribution in [0.5, 0.6) is 0 Å². The first kappa shape index (κ1) is 13.0. The molecule has 0 bridgehead atoms. The standard InChI is InChI=1S/C14H8F2N2O3/c15-8-4-9(16)6-10(5-8)17-14-18-11-2-1-7(13(19)20)3-12(11)21-14/h1-6H,(H,17,18)(H,19,20). The number of nitrogens with one attached hydrogen (secondary N) is 1. The van der Waals surface area contributed by atoms with Gasteiger partial charge in [0.1, 0.15) is 17.2 Å². The molecule has 106 valence electrons. The fourth-order valence-electron chi connectivity index (χ4n) is 1.86. The molecule has 2 N–H and O–H groups in total. The minimum absolute atomic E-state index is 0.0116. The molecular formula is C14H8F2N2O3. The maximum Gasteiger partial charge on any atom is 0.335 e. The summed E-state index contributed by atoms with van der Waals surface area (Å²) in [7, 11) is 0. The molecule has 21 heavy (non-hydrogen) atoms. The van der Waals surface area contributed by atoms with Crippen LogP contribution in [0.3, 0.4) is 0 Å². The summed E-state index contributed by atoms with van der Waals surface area (Å²) >= 11 is 0. The summed E-state index contributed by atoms with van der Waals surface area (Å²) in [6.45, 7) is 0. The maximum absolute atomic E-state index is 13.1. The molecule has 0 saturated carbocycles. The number of carboxylic acid groups (broad SMARTS) is 1. The number of carboxylic acids is 1. The van der Waals surface area contributed by atoms with E-state index in [1.54, 1.807) is 0 Å². The number of aromatic nitrogens is 1. The van der Waals surface area contributed by atoms with E-state index in [1.165, 1.54) is 18.2 Å². The zero-order chi connectivity index (χ0) is 15.0. The second kappa shape index (κ2) is 4.86. The number of aromatic carboxylic acids is 1. The Balaban J connectivity index is 1.95. The molecule has 3 aromatic rings. The van der Waals surface area contributed by atoms with E-state index >= 15 is 0 Å². The first-order valence-corrected chi connectivity index (χ1v) is 5.88. The van der Waals surface area contributed by atoms with Crippen LogP contribution in [-0.2, 0) is 0 Å². The van der Waals surface area contributed by atoms with Crippen molar-refractivity contribution in [2.75, 3.05) is 5.32 Å². The molecule has 0 spiro atoms. The van der Waals surface area contributed by atoms with Crippen molar-refractivity contribution >= 4 is 28.8 Å². The van der Waals surface area contributed by atoms with E-state index in [4.69, 9.17) is 9.52 Å². The highest BCUT2D eigenvalue weighted by molar-refractivity contribution is 5.92. The lowest BCUT2D eigenvalue weighted by molar-refractivity contribution is 0.0697. The van der Waals surface area contributed by atoms with Gasteiger partial charge >= 0.3 is 5.97 Å². The van der Waals surface area contributed by atoms with Gasteiger partial charge in [-0.3, -0.25) is 0 Å². The number of hydrogen-bond donors (Lipinski definition) is 2. The molecular weight excluding hydrogens is 282 g/mol. The van der Waals surface area contributed by atoms with E-state index in [1.807, 2.05) is 0 Å². The van der Waals surface area contributed by atoms with Crippen molar-refractivity contribution in [3.05, 3.63) is 53.6 Å². The van der Waals surface area contributed by atoms with Crippen LogP contribution in [0.1, 0.15) is 10.4 Å². The van der Waals surface area contributed by atoms with Crippen LogP contribution in [-0.4, -0.2) is 16.1 Å². The lowest BCUT2D eigenvalue weighted by atomic mass is 10.2. The number of halogens is 2. The number of nitrogens with zero attached hydrogens (tertiary/aromatic N) is 1. The predicted molar refractivity (Wildman–Crippen MR) is 70.6 cm³/mol. The molecule has 0 radical (unpaired) electrons. The molecule has 0 atom stereocenters. The molecule has 1 heterocycles. The number of oxazole rings is 1. The van der Waals surface area contributed by atoms with Gasteiger partial charge in [0.15, 0.2) is 5.58 Å². The van der Waals surface area contributed by atoms with Crippen molar-refractivity contribution in [2.45, 2.75) is 0 Å². The van der Waals surface area contributed by atoms with E-state index in [0.717, 1.165) is 18.2 Å². The van der Waals surface area contributed by atoms with Crippen LogP contribution in [0.2, 0.25) is 0 Å². The molecule has 2 aromatic carbocycles. The molecule has 0 saturated heterocycles. The van der Waals surface area contributed by atoms with Gasteiger partial charge in [0.25, 0.3) is 6.01 Å². The smallest absolute Gasteiger partial charge is 0.335 e. The summed E-state index contributed by atoms with van der Waals surface area (Å²) < 4.78 is 31.5. The maximum atomic E-state index is 13.1. The molecule has 7 heteroatoms. The van der Waals surface area contributed by atoms with Gasteiger partial charge < -0.3 is 14.8 Å². The monoisotopic (exact) mass is 290 g/mol. The number of hydrogen-bond acceptors (Lipinski definition) is 4. The zero-order valence-electron chi connectivity index (χ0n) is 10.4. The van der Waals surface area contributed by atoms with Crippen LogP contribution < -0.4 is 5.32 Å². The van der Waals surface area contributed by atoms with Gasteiger partial charge in [-0.25, -0.2) is 13.6 Å². The fraction of sp³-hybridized carbons (Fsp3) is 0. The summed E-state index contributed by atoms with van der Waals surface area (Å²) in [6.07, 6.45) is 0. The van der Waals surface area contributed by atoms with Gasteiger partial charge in [0.2, 0.25) is 0 Å². The van der Waals surface area contributed by atoms with Crippen LogP contribution in [0, 0.1) is 11.6 Å². The summed E-state index contributed by atoms with van der Waals surface area (Å²) in [5.41, 5.74) is 0.883. The second-order valence-electron chi connectivity index (χ2n) is 4.29. The fourth-order valence-corrected chi connectivity index (χ4v) is 1.86. The lowest BCUT2D eigenvalue weighted by Crippen LogP contribution is -1.94. The van der Waals surface area contributed by atoms with Crippen LogP contribution in [0.4, 0.5) is 20.5 Å². The zero-order valence-corrected chi connectivity index (χ0v) is 10.4. The Bertz CT molecular complexity index is 825. The summed E-state index contributed by atoms with van der Waals surface area (Å²) in [5, 5.41) is 11.5. The Morgan fingerprint density at radius 3 is 2.52 bits per heavy atom. The Kier molecular flexibility index (Phi) is 3.02. The highest BCUT2D eigenvalue weighted by Crippen LogP contribution is 2.24. The van der Waals surface area contributed by atoms with E-state index in [0.29, 0.717) is 5.52 Å². The Morgan fingerprint density at radius 2 is 1.86 bits per heavy atom. The summed E-state index contributed by atoms with van der Waals surface area (Å²) in [6, 6.07) is 7.12.